The van der Waals surface area contributed by atoms with Gasteiger partial charge in [-0.05, 0) is 38.8 Å². The van der Waals surface area contributed by atoms with Crippen LogP contribution in [0.4, 0.5) is 0 Å². The summed E-state index contributed by atoms with van der Waals surface area (Å²) >= 11 is 6.35. The maximum absolute atomic E-state index is 12.4. The molecule has 0 saturated carbocycles. The zero-order chi connectivity index (χ0) is 16.1. The first kappa shape index (κ1) is 16.5. The minimum atomic E-state index is -0.241. The van der Waals surface area contributed by atoms with E-state index >= 15 is 0 Å². The molecule has 0 spiro atoms. The van der Waals surface area contributed by atoms with E-state index in [4.69, 9.17) is 16.7 Å². The van der Waals surface area contributed by atoms with Crippen LogP contribution in [0.1, 0.15) is 35.8 Å². The van der Waals surface area contributed by atoms with Gasteiger partial charge in [-0.1, -0.05) is 29.8 Å². The number of benzene rings is 1. The van der Waals surface area contributed by atoms with Crippen LogP contribution in [0.15, 0.2) is 30.3 Å². The van der Waals surface area contributed by atoms with Crippen LogP contribution >= 0.6 is 11.6 Å². The molecule has 6 heteroatoms. The molecule has 0 saturated heterocycles. The molecule has 0 aliphatic carbocycles. The molecular formula is C16H20ClN3O2. The van der Waals surface area contributed by atoms with Gasteiger partial charge >= 0.3 is 0 Å². The molecule has 118 valence electrons. The second-order valence-electron chi connectivity index (χ2n) is 5.24. The maximum atomic E-state index is 12.4. The molecule has 1 amide bonds. The molecule has 0 fully saturated rings. The number of nitrogens with zero attached hydrogens (tertiary/aromatic N) is 2. The lowest BCUT2D eigenvalue weighted by Gasteiger charge is -2.13. The first-order valence-corrected chi connectivity index (χ1v) is 7.64. The van der Waals surface area contributed by atoms with E-state index in [-0.39, 0.29) is 18.6 Å². The number of hydrogen-bond acceptors (Lipinski definition) is 3. The standard InChI is InChI=1S/C16H20ClN3O2/c1-11(7-6-10-21)18-16(22)14-12(2)19-20(15(14)17)13-8-4-3-5-9-13/h3-5,8-9,11,21H,6-7,10H2,1-2H3,(H,18,22). The van der Waals surface area contributed by atoms with Crippen molar-refractivity contribution < 1.29 is 9.90 Å². The molecule has 1 aromatic carbocycles. The second kappa shape index (κ2) is 7.42. The molecule has 2 aromatic rings. The van der Waals surface area contributed by atoms with Crippen molar-refractivity contribution in [3.8, 4) is 5.69 Å². The number of rotatable bonds is 6. The molecule has 5 nitrogen and oxygen atoms in total. The predicted octanol–water partition coefficient (Wildman–Crippen LogP) is 2.72. The molecule has 2 N–H and O–H groups in total. The molecule has 22 heavy (non-hydrogen) atoms. The van der Waals surface area contributed by atoms with E-state index in [2.05, 4.69) is 10.4 Å². The maximum Gasteiger partial charge on any atom is 0.256 e. The highest BCUT2D eigenvalue weighted by Gasteiger charge is 2.22. The van der Waals surface area contributed by atoms with Crippen LogP contribution in [0.5, 0.6) is 0 Å². The molecule has 0 bridgehead atoms. The molecule has 1 aromatic heterocycles. The van der Waals surface area contributed by atoms with Gasteiger partial charge in [-0.15, -0.1) is 0 Å². The fraction of sp³-hybridized carbons (Fsp3) is 0.375. The van der Waals surface area contributed by atoms with Crippen LogP contribution in [0.3, 0.4) is 0 Å². The van der Waals surface area contributed by atoms with E-state index in [9.17, 15) is 4.79 Å². The Hall–Kier alpha value is -1.85. The van der Waals surface area contributed by atoms with Gasteiger partial charge in [0.1, 0.15) is 5.15 Å². The monoisotopic (exact) mass is 321 g/mol. The average Bonchev–Trinajstić information content (AvgIpc) is 2.81. The third-order valence-electron chi connectivity index (χ3n) is 3.40. The normalized spacial score (nSPS) is 12.2. The Morgan fingerprint density at radius 2 is 2.09 bits per heavy atom. The summed E-state index contributed by atoms with van der Waals surface area (Å²) in [6, 6.07) is 9.41. The fourth-order valence-corrected chi connectivity index (χ4v) is 2.62. The number of amides is 1. The minimum Gasteiger partial charge on any atom is -0.396 e. The largest absolute Gasteiger partial charge is 0.396 e. The van der Waals surface area contributed by atoms with Crippen molar-refractivity contribution >= 4 is 17.5 Å². The molecule has 2 rings (SSSR count). The van der Waals surface area contributed by atoms with Gasteiger partial charge in [-0.3, -0.25) is 4.79 Å². The van der Waals surface area contributed by atoms with Gasteiger partial charge in [0.15, 0.2) is 0 Å². The van der Waals surface area contributed by atoms with Crippen molar-refractivity contribution in [3.63, 3.8) is 0 Å². The number of nitrogens with one attached hydrogen (secondary N) is 1. The highest BCUT2D eigenvalue weighted by molar-refractivity contribution is 6.33. The molecule has 0 aliphatic heterocycles. The van der Waals surface area contributed by atoms with Crippen LogP contribution in [-0.4, -0.2) is 33.4 Å². The lowest BCUT2D eigenvalue weighted by atomic mass is 10.1. The lowest BCUT2D eigenvalue weighted by Crippen LogP contribution is -2.33. The lowest BCUT2D eigenvalue weighted by molar-refractivity contribution is 0.0936. The summed E-state index contributed by atoms with van der Waals surface area (Å²) < 4.78 is 1.56. The molecule has 0 aliphatic rings. The Balaban J connectivity index is 2.22. The van der Waals surface area contributed by atoms with Crippen molar-refractivity contribution in [3.05, 3.63) is 46.7 Å². The van der Waals surface area contributed by atoms with Gasteiger partial charge in [-0.25, -0.2) is 4.68 Å². The van der Waals surface area contributed by atoms with Gasteiger partial charge in [-0.2, -0.15) is 5.10 Å². The van der Waals surface area contributed by atoms with Crippen molar-refractivity contribution in [2.24, 2.45) is 0 Å². The van der Waals surface area contributed by atoms with Gasteiger partial charge in [0, 0.05) is 12.6 Å². The predicted molar refractivity (Wildman–Crippen MR) is 86.6 cm³/mol. The number of carbonyl (C=O) groups is 1. The topological polar surface area (TPSA) is 67.2 Å². The summed E-state index contributed by atoms with van der Waals surface area (Å²) in [7, 11) is 0. The number of para-hydroxylation sites is 1. The van der Waals surface area contributed by atoms with Crippen LogP contribution in [0.25, 0.3) is 5.69 Å². The third-order valence-corrected chi connectivity index (χ3v) is 3.75. The Morgan fingerprint density at radius 3 is 2.73 bits per heavy atom. The number of aromatic nitrogens is 2. The van der Waals surface area contributed by atoms with Crippen LogP contribution < -0.4 is 5.32 Å². The first-order chi connectivity index (χ1) is 10.5. The fourth-order valence-electron chi connectivity index (χ4n) is 2.26. The minimum absolute atomic E-state index is 0.0322. The molecule has 1 heterocycles. The van der Waals surface area contributed by atoms with Gasteiger partial charge < -0.3 is 10.4 Å². The summed E-state index contributed by atoms with van der Waals surface area (Å²) in [5.41, 5.74) is 1.78. The van der Waals surface area contributed by atoms with E-state index in [1.54, 1.807) is 11.6 Å². The van der Waals surface area contributed by atoms with E-state index in [1.807, 2.05) is 37.3 Å². The number of halogens is 1. The van der Waals surface area contributed by atoms with Crippen LogP contribution in [0.2, 0.25) is 5.15 Å². The van der Waals surface area contributed by atoms with Crippen LogP contribution in [-0.2, 0) is 0 Å². The Bertz CT molecular complexity index is 640. The summed E-state index contributed by atoms with van der Waals surface area (Å²) in [6.07, 6.45) is 1.36. The summed E-state index contributed by atoms with van der Waals surface area (Å²) in [4.78, 5) is 12.4. The van der Waals surface area contributed by atoms with Crippen LogP contribution in [0, 0.1) is 6.92 Å². The van der Waals surface area contributed by atoms with Crippen molar-refractivity contribution in [1.29, 1.82) is 0 Å². The number of aliphatic hydroxyl groups excluding tert-OH is 1. The van der Waals surface area contributed by atoms with Gasteiger partial charge in [0.25, 0.3) is 5.91 Å². The Kier molecular flexibility index (Phi) is 5.57. The Morgan fingerprint density at radius 1 is 1.41 bits per heavy atom. The van der Waals surface area contributed by atoms with E-state index in [1.165, 1.54) is 0 Å². The van der Waals surface area contributed by atoms with E-state index in [0.717, 1.165) is 5.69 Å². The smallest absolute Gasteiger partial charge is 0.256 e. The summed E-state index contributed by atoms with van der Waals surface area (Å²) in [5, 5.41) is 16.4. The summed E-state index contributed by atoms with van der Waals surface area (Å²) in [5.74, 6) is -0.241. The van der Waals surface area contributed by atoms with Crippen molar-refractivity contribution in [2.75, 3.05) is 6.61 Å². The zero-order valence-electron chi connectivity index (χ0n) is 12.7. The second-order valence-corrected chi connectivity index (χ2v) is 5.60. The first-order valence-electron chi connectivity index (χ1n) is 7.27. The van der Waals surface area contributed by atoms with Gasteiger partial charge in [0.2, 0.25) is 0 Å². The third kappa shape index (κ3) is 3.67. The highest BCUT2D eigenvalue weighted by Crippen LogP contribution is 2.23. The molecule has 1 unspecified atom stereocenters. The number of carbonyl (C=O) groups excluding carboxylic acids is 1. The molecular weight excluding hydrogens is 302 g/mol. The molecule has 1 atom stereocenters. The zero-order valence-corrected chi connectivity index (χ0v) is 13.5. The van der Waals surface area contributed by atoms with Crippen molar-refractivity contribution in [2.45, 2.75) is 32.7 Å². The highest BCUT2D eigenvalue weighted by atomic mass is 35.5. The number of aliphatic hydroxyl groups is 1. The quantitative estimate of drug-likeness (QED) is 0.859. The van der Waals surface area contributed by atoms with E-state index in [0.29, 0.717) is 29.3 Å². The number of aryl methyl sites for hydroxylation is 1. The van der Waals surface area contributed by atoms with Crippen molar-refractivity contribution in [1.82, 2.24) is 15.1 Å². The number of hydrogen-bond donors (Lipinski definition) is 2. The Labute approximate surface area is 134 Å². The molecule has 0 radical (unpaired) electrons. The average molecular weight is 322 g/mol. The SMILES string of the molecule is Cc1nn(-c2ccccc2)c(Cl)c1C(=O)NC(C)CCCO. The summed E-state index contributed by atoms with van der Waals surface area (Å²) in [6.45, 7) is 3.78. The van der Waals surface area contributed by atoms with Gasteiger partial charge in [0.05, 0.1) is 16.9 Å². The van der Waals surface area contributed by atoms with E-state index < -0.39 is 0 Å².